The number of carbonyl (C=O) groups excluding carboxylic acids is 1. The maximum absolute atomic E-state index is 11.2. The molecule has 4 nitrogen and oxygen atoms in total. The number of nitrogens with one attached hydrogen (secondary N) is 1. The molecule has 0 saturated carbocycles. The highest BCUT2D eigenvalue weighted by atomic mass is 16.5. The first kappa shape index (κ1) is 9.48. The average Bonchev–Trinajstić information content (AvgIpc) is 2.58. The van der Waals surface area contributed by atoms with Gasteiger partial charge in [-0.15, -0.1) is 0 Å². The molecule has 1 fully saturated rings. The van der Waals surface area contributed by atoms with E-state index < -0.39 is 0 Å². The molecule has 0 bridgehead atoms. The van der Waals surface area contributed by atoms with Crippen molar-refractivity contribution in [2.45, 2.75) is 6.42 Å². The van der Waals surface area contributed by atoms with Crippen LogP contribution in [0.3, 0.4) is 0 Å². The molecule has 1 heterocycles. The quantitative estimate of drug-likeness (QED) is 0.555. The number of ether oxygens (including phenoxy) is 1. The number of esters is 1. The summed E-state index contributed by atoms with van der Waals surface area (Å²) >= 11 is 0. The lowest BCUT2D eigenvalue weighted by molar-refractivity contribution is -0.146. The second-order valence-electron chi connectivity index (χ2n) is 3.12. The van der Waals surface area contributed by atoms with E-state index in [1.165, 1.54) is 7.11 Å². The van der Waals surface area contributed by atoms with Crippen molar-refractivity contribution in [3.8, 4) is 0 Å². The van der Waals surface area contributed by atoms with Crippen LogP contribution in [0.4, 0.5) is 0 Å². The van der Waals surface area contributed by atoms with Gasteiger partial charge in [-0.2, -0.15) is 0 Å². The fraction of sp³-hybridized carbons (Fsp3) is 0.875. The molecule has 0 spiro atoms. The van der Waals surface area contributed by atoms with Crippen molar-refractivity contribution in [3.05, 3.63) is 0 Å². The van der Waals surface area contributed by atoms with Gasteiger partial charge in [-0.3, -0.25) is 4.79 Å². The number of hydrogen-bond acceptors (Lipinski definition) is 4. The minimum Gasteiger partial charge on any atom is -0.469 e. The topological polar surface area (TPSA) is 64.3 Å². The van der Waals surface area contributed by atoms with E-state index in [0.29, 0.717) is 12.5 Å². The van der Waals surface area contributed by atoms with Crippen LogP contribution in [-0.2, 0) is 9.53 Å². The fourth-order valence-corrected chi connectivity index (χ4v) is 1.65. The Balaban J connectivity index is 2.48. The van der Waals surface area contributed by atoms with Crippen molar-refractivity contribution >= 4 is 5.97 Å². The maximum atomic E-state index is 11.2. The molecule has 1 aliphatic rings. The average molecular weight is 172 g/mol. The number of nitrogens with two attached hydrogens (primary N) is 1. The van der Waals surface area contributed by atoms with Gasteiger partial charge >= 0.3 is 5.97 Å². The third-order valence-corrected chi connectivity index (χ3v) is 2.43. The largest absolute Gasteiger partial charge is 0.469 e. The molecule has 3 N–H and O–H groups in total. The van der Waals surface area contributed by atoms with E-state index in [1.807, 2.05) is 0 Å². The van der Waals surface area contributed by atoms with Crippen LogP contribution in [0, 0.1) is 11.8 Å². The summed E-state index contributed by atoms with van der Waals surface area (Å²) in [5.41, 5.74) is 5.50. The maximum Gasteiger partial charge on any atom is 0.310 e. The normalized spacial score (nSPS) is 25.3. The van der Waals surface area contributed by atoms with Crippen LogP contribution in [-0.4, -0.2) is 32.7 Å². The van der Waals surface area contributed by atoms with Gasteiger partial charge < -0.3 is 15.8 Å². The van der Waals surface area contributed by atoms with Crippen molar-refractivity contribution in [1.29, 1.82) is 0 Å². The first-order chi connectivity index (χ1) is 5.79. The van der Waals surface area contributed by atoms with E-state index >= 15 is 0 Å². The lowest BCUT2D eigenvalue weighted by Crippen LogP contribution is -2.33. The van der Waals surface area contributed by atoms with Crippen molar-refractivity contribution in [3.63, 3.8) is 0 Å². The predicted octanol–water partition coefficient (Wildman–Crippen LogP) is -0.656. The SMILES string of the molecule is COC(=O)C(CN)C1CCNC1. The smallest absolute Gasteiger partial charge is 0.310 e. The molecular formula is C8H16N2O2. The van der Waals surface area contributed by atoms with E-state index in [-0.39, 0.29) is 11.9 Å². The summed E-state index contributed by atoms with van der Waals surface area (Å²) in [7, 11) is 1.41. The Morgan fingerprint density at radius 3 is 3.00 bits per heavy atom. The molecule has 1 aliphatic heterocycles. The zero-order chi connectivity index (χ0) is 8.97. The number of hydrogen-bond donors (Lipinski definition) is 2. The van der Waals surface area contributed by atoms with Crippen LogP contribution in [0.15, 0.2) is 0 Å². The zero-order valence-corrected chi connectivity index (χ0v) is 7.38. The Kier molecular flexibility index (Phi) is 3.49. The molecule has 0 amide bonds. The summed E-state index contributed by atoms with van der Waals surface area (Å²) in [6, 6.07) is 0. The second-order valence-corrected chi connectivity index (χ2v) is 3.12. The van der Waals surface area contributed by atoms with Crippen LogP contribution in [0.25, 0.3) is 0 Å². The summed E-state index contributed by atoms with van der Waals surface area (Å²) in [5.74, 6) is 0.0682. The standard InChI is InChI=1S/C8H16N2O2/c1-12-8(11)7(4-9)6-2-3-10-5-6/h6-7,10H,2-5,9H2,1H3. The Bertz CT molecular complexity index is 155. The minimum atomic E-state index is -0.175. The van der Waals surface area contributed by atoms with Gasteiger partial charge in [-0.25, -0.2) is 0 Å². The summed E-state index contributed by atoms with van der Waals surface area (Å²) < 4.78 is 4.67. The molecule has 1 saturated heterocycles. The first-order valence-corrected chi connectivity index (χ1v) is 4.28. The van der Waals surface area contributed by atoms with Gasteiger partial charge in [0, 0.05) is 6.54 Å². The van der Waals surface area contributed by atoms with E-state index in [0.717, 1.165) is 19.5 Å². The van der Waals surface area contributed by atoms with E-state index in [4.69, 9.17) is 5.73 Å². The summed E-state index contributed by atoms with van der Waals surface area (Å²) in [5, 5.41) is 3.20. The molecule has 1 rings (SSSR count). The van der Waals surface area contributed by atoms with E-state index in [2.05, 4.69) is 10.1 Å². The molecule has 2 atom stereocenters. The van der Waals surface area contributed by atoms with Gasteiger partial charge in [-0.1, -0.05) is 0 Å². The van der Waals surface area contributed by atoms with Crippen LogP contribution < -0.4 is 11.1 Å². The molecule has 0 aromatic heterocycles. The summed E-state index contributed by atoms with van der Waals surface area (Å²) in [4.78, 5) is 11.2. The molecule has 4 heteroatoms. The van der Waals surface area contributed by atoms with Gasteiger partial charge in [-0.05, 0) is 25.4 Å². The van der Waals surface area contributed by atoms with Gasteiger partial charge in [0.05, 0.1) is 13.0 Å². The monoisotopic (exact) mass is 172 g/mol. The predicted molar refractivity (Wildman–Crippen MR) is 45.5 cm³/mol. The van der Waals surface area contributed by atoms with Crippen LogP contribution in [0.1, 0.15) is 6.42 Å². The summed E-state index contributed by atoms with van der Waals surface area (Å²) in [6.45, 7) is 2.26. The Morgan fingerprint density at radius 1 is 1.83 bits per heavy atom. The highest BCUT2D eigenvalue weighted by Crippen LogP contribution is 2.19. The lowest BCUT2D eigenvalue weighted by Gasteiger charge is -2.17. The fourth-order valence-electron chi connectivity index (χ4n) is 1.65. The van der Waals surface area contributed by atoms with Gasteiger partial charge in [0.25, 0.3) is 0 Å². The van der Waals surface area contributed by atoms with Gasteiger partial charge in [0.2, 0.25) is 0 Å². The van der Waals surface area contributed by atoms with Crippen LogP contribution in [0.2, 0.25) is 0 Å². The molecular weight excluding hydrogens is 156 g/mol. The Morgan fingerprint density at radius 2 is 2.58 bits per heavy atom. The Hall–Kier alpha value is -0.610. The molecule has 0 aliphatic carbocycles. The van der Waals surface area contributed by atoms with E-state index in [9.17, 15) is 4.79 Å². The highest BCUT2D eigenvalue weighted by molar-refractivity contribution is 5.73. The molecule has 0 radical (unpaired) electrons. The molecule has 0 aromatic rings. The molecule has 2 unspecified atom stereocenters. The third-order valence-electron chi connectivity index (χ3n) is 2.43. The number of carbonyl (C=O) groups is 1. The van der Waals surface area contributed by atoms with Gasteiger partial charge in [0.1, 0.15) is 0 Å². The van der Waals surface area contributed by atoms with Crippen molar-refractivity contribution in [1.82, 2.24) is 5.32 Å². The molecule has 70 valence electrons. The van der Waals surface area contributed by atoms with Crippen molar-refractivity contribution < 1.29 is 9.53 Å². The van der Waals surface area contributed by atoms with Crippen molar-refractivity contribution in [2.24, 2.45) is 17.6 Å². The minimum absolute atomic E-state index is 0.120. The second kappa shape index (κ2) is 4.42. The molecule has 0 aromatic carbocycles. The van der Waals surface area contributed by atoms with Crippen LogP contribution >= 0.6 is 0 Å². The lowest BCUT2D eigenvalue weighted by atomic mass is 9.92. The summed E-state index contributed by atoms with van der Waals surface area (Å²) in [6.07, 6.45) is 1.02. The third kappa shape index (κ3) is 1.95. The van der Waals surface area contributed by atoms with E-state index in [1.54, 1.807) is 0 Å². The highest BCUT2D eigenvalue weighted by Gasteiger charge is 2.29. The number of methoxy groups -OCH3 is 1. The first-order valence-electron chi connectivity index (χ1n) is 4.28. The van der Waals surface area contributed by atoms with Gasteiger partial charge in [0.15, 0.2) is 0 Å². The van der Waals surface area contributed by atoms with Crippen LogP contribution in [0.5, 0.6) is 0 Å². The molecule has 12 heavy (non-hydrogen) atoms. The zero-order valence-electron chi connectivity index (χ0n) is 7.38. The number of rotatable bonds is 3. The van der Waals surface area contributed by atoms with Crippen molar-refractivity contribution in [2.75, 3.05) is 26.7 Å². The Labute approximate surface area is 72.5 Å².